The summed E-state index contributed by atoms with van der Waals surface area (Å²) >= 11 is 0. The number of esters is 2. The Balaban J connectivity index is 0.000000406. The van der Waals surface area contributed by atoms with Gasteiger partial charge in [0.25, 0.3) is 0 Å². The molecule has 0 N–H and O–H groups in total. The molecular weight excluding hydrogens is 352 g/mol. The zero-order valence-corrected chi connectivity index (χ0v) is 18.7. The Morgan fingerprint density at radius 2 is 1.00 bits per heavy atom. The predicted octanol–water partition coefficient (Wildman–Crippen LogP) is 5.56. The van der Waals surface area contributed by atoms with Crippen LogP contribution < -0.4 is 0 Å². The lowest BCUT2D eigenvalue weighted by atomic mass is 9.95. The van der Waals surface area contributed by atoms with E-state index in [0.29, 0.717) is 12.8 Å². The summed E-state index contributed by atoms with van der Waals surface area (Å²) in [6, 6.07) is 8.48. The Hall–Kier alpha value is -2.10. The zero-order valence-electron chi connectivity index (χ0n) is 18.7. The molecule has 0 radical (unpaired) electrons. The monoisotopic (exact) mass is 388 g/mol. The van der Waals surface area contributed by atoms with Gasteiger partial charge in [-0.2, -0.15) is 0 Å². The van der Waals surface area contributed by atoms with Gasteiger partial charge in [-0.15, -0.1) is 0 Å². The molecule has 0 saturated carbocycles. The minimum absolute atomic E-state index is 0.269. The first kappa shape index (κ1) is 23.9. The predicted molar refractivity (Wildman–Crippen MR) is 113 cm³/mol. The maximum atomic E-state index is 12.0. The minimum atomic E-state index is -0.556. The van der Waals surface area contributed by atoms with Gasteiger partial charge in [0.2, 0.25) is 0 Å². The van der Waals surface area contributed by atoms with E-state index < -0.39 is 23.0 Å². The summed E-state index contributed by atoms with van der Waals surface area (Å²) in [5, 5.41) is 0. The topological polar surface area (TPSA) is 52.6 Å². The largest absolute Gasteiger partial charge is 0.458 e. The van der Waals surface area contributed by atoms with Crippen LogP contribution in [0.5, 0.6) is 0 Å². The van der Waals surface area contributed by atoms with E-state index in [1.807, 2.05) is 53.7 Å². The van der Waals surface area contributed by atoms with Crippen molar-refractivity contribution in [1.29, 1.82) is 0 Å². The van der Waals surface area contributed by atoms with E-state index in [4.69, 9.17) is 9.47 Å². The van der Waals surface area contributed by atoms with Crippen molar-refractivity contribution in [3.63, 3.8) is 0 Å². The van der Waals surface area contributed by atoms with Crippen molar-refractivity contribution < 1.29 is 19.1 Å². The molecule has 4 nitrogen and oxygen atoms in total. The van der Waals surface area contributed by atoms with Crippen LogP contribution in [0.15, 0.2) is 36.4 Å². The standard InChI is InChI=1S/C16H26O4.C8H10/c1-15(2,3)13(17)19-11-9-7-8-10-12(11)20-14(18)16(4,5)6;1-7-3-5-8(2)6-4-7/h7-8,11-12H,9-10H2,1-6H3;3-6H,1-2H3/t11-,12+;. The third kappa shape index (κ3) is 8.28. The van der Waals surface area contributed by atoms with Crippen LogP contribution in [0.4, 0.5) is 0 Å². The molecule has 2 rings (SSSR count). The fraction of sp³-hybridized carbons (Fsp3) is 0.583. The summed E-state index contributed by atoms with van der Waals surface area (Å²) in [6.07, 6.45) is 4.31. The van der Waals surface area contributed by atoms with E-state index in [2.05, 4.69) is 38.1 Å². The molecule has 4 heteroatoms. The van der Waals surface area contributed by atoms with Gasteiger partial charge in [-0.1, -0.05) is 47.5 Å². The SMILES string of the molecule is CC(C)(C)C(=O)O[C@H]1CC=CC[C@H]1OC(=O)C(C)(C)C.Cc1ccc(C)cc1. The van der Waals surface area contributed by atoms with Gasteiger partial charge in [-0.3, -0.25) is 9.59 Å². The third-order valence-corrected chi connectivity index (χ3v) is 4.28. The number of hydrogen-bond donors (Lipinski definition) is 0. The first-order valence-electron chi connectivity index (χ1n) is 9.91. The van der Waals surface area contributed by atoms with Crippen LogP contribution in [0.25, 0.3) is 0 Å². The molecule has 28 heavy (non-hydrogen) atoms. The molecule has 0 amide bonds. The molecule has 0 aliphatic heterocycles. The van der Waals surface area contributed by atoms with Gasteiger partial charge in [-0.05, 0) is 55.4 Å². The second-order valence-electron chi connectivity index (χ2n) is 9.49. The molecule has 1 aliphatic carbocycles. The van der Waals surface area contributed by atoms with Gasteiger partial charge >= 0.3 is 11.9 Å². The Morgan fingerprint density at radius 1 is 0.714 bits per heavy atom. The zero-order chi connectivity index (χ0) is 21.5. The van der Waals surface area contributed by atoms with Gasteiger partial charge in [0.1, 0.15) is 12.2 Å². The van der Waals surface area contributed by atoms with Gasteiger partial charge in [0.15, 0.2) is 0 Å². The highest BCUT2D eigenvalue weighted by atomic mass is 16.6. The van der Waals surface area contributed by atoms with Crippen molar-refractivity contribution in [3.05, 3.63) is 47.5 Å². The van der Waals surface area contributed by atoms with E-state index >= 15 is 0 Å². The van der Waals surface area contributed by atoms with Crippen LogP contribution in [-0.4, -0.2) is 24.1 Å². The molecule has 1 aromatic carbocycles. The summed E-state index contributed by atoms with van der Waals surface area (Å²) in [5.74, 6) is -0.538. The maximum Gasteiger partial charge on any atom is 0.311 e. The highest BCUT2D eigenvalue weighted by Crippen LogP contribution is 2.26. The van der Waals surface area contributed by atoms with Crippen LogP contribution in [0.3, 0.4) is 0 Å². The van der Waals surface area contributed by atoms with Gasteiger partial charge < -0.3 is 9.47 Å². The summed E-state index contributed by atoms with van der Waals surface area (Å²) < 4.78 is 11.0. The third-order valence-electron chi connectivity index (χ3n) is 4.28. The van der Waals surface area contributed by atoms with Crippen molar-refractivity contribution >= 4 is 11.9 Å². The van der Waals surface area contributed by atoms with Crippen molar-refractivity contribution in [2.45, 2.75) is 80.4 Å². The smallest absolute Gasteiger partial charge is 0.311 e. The lowest BCUT2D eigenvalue weighted by Gasteiger charge is -2.32. The lowest BCUT2D eigenvalue weighted by Crippen LogP contribution is -2.40. The van der Waals surface area contributed by atoms with Crippen molar-refractivity contribution in [2.75, 3.05) is 0 Å². The molecule has 0 aromatic heterocycles. The molecular formula is C24H36O4. The normalized spacial score (nSPS) is 19.3. The summed E-state index contributed by atoms with van der Waals surface area (Å²) in [5.41, 5.74) is 1.55. The average Bonchev–Trinajstić information content (AvgIpc) is 2.58. The van der Waals surface area contributed by atoms with Gasteiger partial charge in [0, 0.05) is 12.8 Å². The second kappa shape index (κ2) is 9.90. The van der Waals surface area contributed by atoms with E-state index in [-0.39, 0.29) is 11.9 Å². The van der Waals surface area contributed by atoms with Crippen LogP contribution in [0.2, 0.25) is 0 Å². The Bertz CT molecular complexity index is 613. The second-order valence-corrected chi connectivity index (χ2v) is 9.49. The van der Waals surface area contributed by atoms with Crippen LogP contribution in [0, 0.1) is 24.7 Å². The molecule has 0 bridgehead atoms. The molecule has 0 heterocycles. The van der Waals surface area contributed by atoms with E-state index in [0.717, 1.165) is 0 Å². The number of carbonyl (C=O) groups excluding carboxylic acids is 2. The van der Waals surface area contributed by atoms with Crippen molar-refractivity contribution in [1.82, 2.24) is 0 Å². The van der Waals surface area contributed by atoms with Gasteiger partial charge in [-0.25, -0.2) is 0 Å². The summed E-state index contributed by atoms with van der Waals surface area (Å²) in [6.45, 7) is 15.1. The quantitative estimate of drug-likeness (QED) is 0.492. The van der Waals surface area contributed by atoms with Gasteiger partial charge in [0.05, 0.1) is 10.8 Å². The number of ether oxygens (including phenoxy) is 2. The Labute approximate surface area is 170 Å². The lowest BCUT2D eigenvalue weighted by molar-refractivity contribution is -0.178. The summed E-state index contributed by atoms with van der Waals surface area (Å²) in [7, 11) is 0. The first-order valence-corrected chi connectivity index (χ1v) is 9.91. The highest BCUT2D eigenvalue weighted by Gasteiger charge is 2.35. The molecule has 0 spiro atoms. The molecule has 2 atom stereocenters. The van der Waals surface area contributed by atoms with Crippen molar-refractivity contribution in [3.8, 4) is 0 Å². The molecule has 156 valence electrons. The Kier molecular flexibility index (Phi) is 8.47. The van der Waals surface area contributed by atoms with Crippen LogP contribution in [0.1, 0.15) is 65.5 Å². The molecule has 1 aliphatic rings. The minimum Gasteiger partial charge on any atom is -0.458 e. The fourth-order valence-corrected chi connectivity index (χ4v) is 2.28. The molecule has 0 unspecified atom stereocenters. The van der Waals surface area contributed by atoms with E-state index in [9.17, 15) is 9.59 Å². The number of hydrogen-bond acceptors (Lipinski definition) is 4. The van der Waals surface area contributed by atoms with E-state index in [1.54, 1.807) is 0 Å². The molecule has 1 aromatic rings. The number of rotatable bonds is 2. The number of aryl methyl sites for hydroxylation is 2. The molecule has 0 fully saturated rings. The van der Waals surface area contributed by atoms with Crippen molar-refractivity contribution in [2.24, 2.45) is 10.8 Å². The Morgan fingerprint density at radius 3 is 1.25 bits per heavy atom. The van der Waals surface area contributed by atoms with E-state index in [1.165, 1.54) is 11.1 Å². The first-order chi connectivity index (χ1) is 12.8. The maximum absolute atomic E-state index is 12.0. The van der Waals surface area contributed by atoms with Crippen LogP contribution in [-0.2, 0) is 19.1 Å². The summed E-state index contributed by atoms with van der Waals surface area (Å²) in [4.78, 5) is 23.9. The highest BCUT2D eigenvalue weighted by molar-refractivity contribution is 5.76. The fourth-order valence-electron chi connectivity index (χ4n) is 2.28. The average molecular weight is 389 g/mol. The molecule has 0 saturated heterocycles. The number of benzene rings is 1. The van der Waals surface area contributed by atoms with Crippen LogP contribution >= 0.6 is 0 Å². The number of carbonyl (C=O) groups is 2.